The molecule has 0 spiro atoms. The summed E-state index contributed by atoms with van der Waals surface area (Å²) in [5.41, 5.74) is 5.25. The van der Waals surface area contributed by atoms with Crippen LogP contribution in [0, 0.1) is 0 Å². The molecule has 5 rings (SSSR count). The first-order valence-corrected chi connectivity index (χ1v) is 10.3. The van der Waals surface area contributed by atoms with Gasteiger partial charge in [0.15, 0.2) is 5.82 Å². The second kappa shape index (κ2) is 9.38. The fourth-order valence-electron chi connectivity index (χ4n) is 3.84. The molecule has 1 atom stereocenters. The second-order valence-corrected chi connectivity index (χ2v) is 7.67. The van der Waals surface area contributed by atoms with Crippen molar-refractivity contribution in [3.63, 3.8) is 0 Å². The van der Waals surface area contributed by atoms with Crippen molar-refractivity contribution in [2.75, 3.05) is 11.9 Å². The lowest BCUT2D eigenvalue weighted by molar-refractivity contribution is -0.192. The number of carbonyl (C=O) groups is 1. The largest absolute Gasteiger partial charge is 0.492 e. The van der Waals surface area contributed by atoms with E-state index < -0.39 is 12.1 Å². The highest BCUT2D eigenvalue weighted by atomic mass is 19.4. The van der Waals surface area contributed by atoms with Crippen molar-refractivity contribution < 1.29 is 28.2 Å². The molecule has 0 fully saturated rings. The van der Waals surface area contributed by atoms with Crippen LogP contribution >= 0.6 is 0 Å². The quantitative estimate of drug-likeness (QED) is 0.443. The number of nitrogens with one attached hydrogen (secondary N) is 2. The van der Waals surface area contributed by atoms with Gasteiger partial charge in [-0.2, -0.15) is 18.2 Å². The van der Waals surface area contributed by atoms with Crippen LogP contribution in [0.3, 0.4) is 0 Å². The maximum atomic E-state index is 10.6. The lowest BCUT2D eigenvalue weighted by atomic mass is 10.0. The Morgan fingerprint density at radius 1 is 1.24 bits per heavy atom. The summed E-state index contributed by atoms with van der Waals surface area (Å²) in [7, 11) is 0. The highest BCUT2D eigenvalue weighted by Gasteiger charge is 2.38. The van der Waals surface area contributed by atoms with Gasteiger partial charge >= 0.3 is 12.1 Å². The molecule has 0 bridgehead atoms. The van der Waals surface area contributed by atoms with E-state index in [-0.39, 0.29) is 5.88 Å². The van der Waals surface area contributed by atoms with Crippen LogP contribution in [0.15, 0.2) is 47.6 Å². The molecule has 8 nitrogen and oxygen atoms in total. The summed E-state index contributed by atoms with van der Waals surface area (Å²) >= 11 is 0. The number of allylic oxidation sites excluding steroid dienone is 1. The van der Waals surface area contributed by atoms with Crippen LogP contribution in [-0.4, -0.2) is 50.1 Å². The minimum atomic E-state index is -5.08. The first kappa shape index (κ1) is 23.0. The molecule has 2 aliphatic rings. The Balaban J connectivity index is 0.000000344. The number of carboxylic acids is 1. The van der Waals surface area contributed by atoms with Crippen LogP contribution in [0.5, 0.6) is 5.88 Å². The van der Waals surface area contributed by atoms with Crippen LogP contribution in [0.1, 0.15) is 34.7 Å². The molecule has 34 heavy (non-hydrogen) atoms. The molecule has 176 valence electrons. The highest BCUT2D eigenvalue weighted by Crippen LogP contribution is 2.34. The van der Waals surface area contributed by atoms with Gasteiger partial charge in [-0.3, -0.25) is 0 Å². The Morgan fingerprint density at radius 2 is 2.00 bits per heavy atom. The first-order valence-electron chi connectivity index (χ1n) is 10.3. The molecule has 3 heterocycles. The Hall–Kier alpha value is -4.15. The zero-order valence-corrected chi connectivity index (χ0v) is 17.7. The Morgan fingerprint density at radius 3 is 2.76 bits per heavy atom. The average molecular weight is 471 g/mol. The lowest BCUT2D eigenvalue weighted by Gasteiger charge is -2.11. The number of halogens is 3. The van der Waals surface area contributed by atoms with Gasteiger partial charge in [-0.1, -0.05) is 24.3 Å². The number of anilines is 1. The van der Waals surface area contributed by atoms with E-state index in [1.54, 1.807) is 12.4 Å². The summed E-state index contributed by atoms with van der Waals surface area (Å²) in [5, 5.41) is 20.7. The number of aliphatic imine (C=N–C) groups is 1. The third-order valence-corrected chi connectivity index (χ3v) is 5.45. The third kappa shape index (κ3) is 5.08. The van der Waals surface area contributed by atoms with Crippen LogP contribution in [0.2, 0.25) is 0 Å². The first-order chi connectivity index (χ1) is 16.2. The molecule has 1 aliphatic carbocycles. The van der Waals surface area contributed by atoms with Crippen molar-refractivity contribution in [2.24, 2.45) is 4.99 Å². The van der Waals surface area contributed by atoms with Crippen molar-refractivity contribution in [3.8, 4) is 5.88 Å². The molecule has 1 aliphatic heterocycles. The maximum Gasteiger partial charge on any atom is 0.490 e. The minimum absolute atomic E-state index is 0.0254. The number of pyridine rings is 1. The van der Waals surface area contributed by atoms with Gasteiger partial charge in [0.05, 0.1) is 0 Å². The molecule has 4 N–H and O–H groups in total. The number of H-pyrrole nitrogens is 1. The molecule has 11 heteroatoms. The SMILES string of the molecule is O=C(O)C(F)(F)F.Oc1nc(NCC2CCc3ccccc32)[nH]c1C=C1C=Nc2ncccc21. The van der Waals surface area contributed by atoms with E-state index in [0.717, 1.165) is 30.5 Å². The normalized spacial score (nSPS) is 17.1. The number of carboxylic acid groups (broad SMARTS) is 1. The zero-order chi connectivity index (χ0) is 24.3. The number of aromatic nitrogens is 3. The van der Waals surface area contributed by atoms with Gasteiger partial charge in [0.25, 0.3) is 0 Å². The molecule has 0 saturated carbocycles. The number of aromatic hydroxyl groups is 1. The molecule has 2 aromatic heterocycles. The van der Waals surface area contributed by atoms with Gasteiger partial charge in [-0.05, 0) is 42.2 Å². The number of aliphatic carboxylic acids is 1. The number of nitrogens with zero attached hydrogens (tertiary/aromatic N) is 3. The van der Waals surface area contributed by atoms with Gasteiger partial charge in [0.1, 0.15) is 5.69 Å². The topological polar surface area (TPSA) is 123 Å². The highest BCUT2D eigenvalue weighted by molar-refractivity contribution is 6.20. The number of aryl methyl sites for hydroxylation is 1. The van der Waals surface area contributed by atoms with Crippen molar-refractivity contribution in [2.45, 2.75) is 24.9 Å². The van der Waals surface area contributed by atoms with Crippen LogP contribution < -0.4 is 5.32 Å². The van der Waals surface area contributed by atoms with Crippen LogP contribution in [0.25, 0.3) is 11.6 Å². The van der Waals surface area contributed by atoms with Crippen molar-refractivity contribution in [1.29, 1.82) is 0 Å². The Kier molecular flexibility index (Phi) is 6.35. The van der Waals surface area contributed by atoms with Crippen molar-refractivity contribution >= 4 is 35.6 Å². The number of hydrogen-bond donors (Lipinski definition) is 4. The van der Waals surface area contributed by atoms with E-state index >= 15 is 0 Å². The summed E-state index contributed by atoms with van der Waals surface area (Å²) in [6, 6.07) is 12.4. The van der Waals surface area contributed by atoms with E-state index in [1.807, 2.05) is 18.2 Å². The Labute approximate surface area is 191 Å². The molecule has 0 radical (unpaired) electrons. The van der Waals surface area contributed by atoms with E-state index in [4.69, 9.17) is 9.90 Å². The zero-order valence-electron chi connectivity index (χ0n) is 17.7. The fraction of sp³-hybridized carbons (Fsp3) is 0.217. The summed E-state index contributed by atoms with van der Waals surface area (Å²) in [4.78, 5) is 24.8. The maximum absolute atomic E-state index is 10.6. The second-order valence-electron chi connectivity index (χ2n) is 7.67. The molecule has 0 amide bonds. The molecule has 1 aromatic carbocycles. The number of aromatic amines is 1. The van der Waals surface area contributed by atoms with Gasteiger partial charge in [-0.25, -0.2) is 14.8 Å². The average Bonchev–Trinajstić information content (AvgIpc) is 3.50. The number of benzene rings is 1. The van der Waals surface area contributed by atoms with E-state index in [0.29, 0.717) is 23.4 Å². The van der Waals surface area contributed by atoms with Gasteiger partial charge in [0.2, 0.25) is 11.8 Å². The fourth-order valence-corrected chi connectivity index (χ4v) is 3.84. The number of rotatable bonds is 4. The number of hydrogen-bond acceptors (Lipinski definition) is 6. The summed E-state index contributed by atoms with van der Waals surface area (Å²) in [5.74, 6) is -1.05. The summed E-state index contributed by atoms with van der Waals surface area (Å²) in [6.45, 7) is 0.786. The predicted octanol–water partition coefficient (Wildman–Crippen LogP) is 4.54. The monoisotopic (exact) mass is 471 g/mol. The van der Waals surface area contributed by atoms with Gasteiger partial charge < -0.3 is 20.5 Å². The molecular weight excluding hydrogens is 451 g/mol. The number of fused-ring (bicyclic) bond motifs is 2. The van der Waals surface area contributed by atoms with Gasteiger partial charge in [-0.15, -0.1) is 0 Å². The van der Waals surface area contributed by atoms with Crippen LogP contribution in [0.4, 0.5) is 24.9 Å². The number of imidazole rings is 1. The van der Waals surface area contributed by atoms with E-state index in [9.17, 15) is 18.3 Å². The molecule has 1 unspecified atom stereocenters. The third-order valence-electron chi connectivity index (χ3n) is 5.45. The van der Waals surface area contributed by atoms with E-state index in [2.05, 4.69) is 49.5 Å². The molecule has 3 aromatic rings. The molecule has 0 saturated heterocycles. The summed E-state index contributed by atoms with van der Waals surface area (Å²) in [6.07, 6.45) is 2.48. The molecular formula is C23H20F3N5O3. The minimum Gasteiger partial charge on any atom is -0.492 e. The Bertz CT molecular complexity index is 1270. The number of alkyl halides is 3. The van der Waals surface area contributed by atoms with Crippen molar-refractivity contribution in [1.82, 2.24) is 15.0 Å². The predicted molar refractivity (Wildman–Crippen MR) is 120 cm³/mol. The van der Waals surface area contributed by atoms with E-state index in [1.165, 1.54) is 11.1 Å². The smallest absolute Gasteiger partial charge is 0.490 e. The van der Waals surface area contributed by atoms with Crippen LogP contribution in [-0.2, 0) is 11.2 Å². The standard InChI is InChI=1S/C21H19N5O.C2HF3O2/c27-20-18(10-15-12-23-19-17(15)6-3-9-22-19)25-21(26-20)24-11-14-8-7-13-4-1-2-5-16(13)14;3-2(4,5)1(6)7/h1-6,9-10,12,14,27H,7-8,11H2,(H2,24,25,26);(H,6,7). The lowest BCUT2D eigenvalue weighted by Crippen LogP contribution is -2.21. The summed E-state index contributed by atoms with van der Waals surface area (Å²) < 4.78 is 31.7. The van der Waals surface area contributed by atoms with Gasteiger partial charge in [0, 0.05) is 36.0 Å². The van der Waals surface area contributed by atoms with Crippen molar-refractivity contribution in [3.05, 3.63) is 65.0 Å².